The van der Waals surface area contributed by atoms with Crippen LogP contribution in [0.5, 0.6) is 23.0 Å². The average Bonchev–Trinajstić information content (AvgIpc) is 1.53. The Morgan fingerprint density at radius 3 is 0.821 bits per heavy atom. The van der Waals surface area contributed by atoms with Crippen LogP contribution < -0.4 is 9.47 Å². The maximum absolute atomic E-state index is 6.56. The zero-order chi connectivity index (χ0) is 74.4. The second kappa shape index (κ2) is 28.4. The summed E-state index contributed by atoms with van der Waals surface area (Å²) in [5.41, 5.74) is 25.6. The number of ether oxygens (including phenoxy) is 2. The number of aromatic nitrogens is 6. The Balaban J connectivity index is 0.584. The van der Waals surface area contributed by atoms with E-state index in [1.165, 1.54) is 66.8 Å². The largest absolute Gasteiger partial charge is 0.457 e. The molecule has 112 heavy (non-hydrogen) atoms. The fourth-order valence-electron chi connectivity index (χ4n) is 16.7. The zero-order valence-corrected chi connectivity index (χ0v) is 60.8. The quantitative estimate of drug-likeness (QED) is 0.0890. The van der Waals surface area contributed by atoms with Gasteiger partial charge >= 0.3 is 0 Å². The minimum atomic E-state index is -0.622. The lowest BCUT2D eigenvalue weighted by atomic mass is 9.67. The van der Waals surface area contributed by atoms with Crippen LogP contribution in [0.15, 0.2) is 413 Å². The predicted molar refractivity (Wildman–Crippen MR) is 450 cm³/mol. The van der Waals surface area contributed by atoms with Crippen molar-refractivity contribution in [2.24, 2.45) is 0 Å². The Labute approximate surface area is 650 Å². The number of nitrogens with zero attached hydrogens (tertiary/aromatic N) is 6. The van der Waals surface area contributed by atoms with E-state index in [2.05, 4.69) is 243 Å². The predicted octanol–water partition coefficient (Wildman–Crippen LogP) is 25.4. The zero-order valence-electron chi connectivity index (χ0n) is 60.8. The van der Waals surface area contributed by atoms with Gasteiger partial charge in [0.25, 0.3) is 0 Å². The fraction of sp³-hybridized carbons (Fsp3) is 0.0192. The summed E-state index contributed by atoms with van der Waals surface area (Å²) in [6, 6.07) is 145. The van der Waals surface area contributed by atoms with E-state index in [1.54, 1.807) is 0 Å². The van der Waals surface area contributed by atoms with E-state index in [0.717, 1.165) is 78.3 Å². The fourth-order valence-corrected chi connectivity index (χ4v) is 16.7. The van der Waals surface area contributed by atoms with Crippen LogP contribution in [0, 0.1) is 0 Å². The first-order valence-electron chi connectivity index (χ1n) is 37.8. The highest BCUT2D eigenvalue weighted by atomic mass is 16.5. The molecule has 2 aromatic heterocycles. The summed E-state index contributed by atoms with van der Waals surface area (Å²) < 4.78 is 13.1. The van der Waals surface area contributed by atoms with Crippen molar-refractivity contribution in [3.05, 3.63) is 457 Å². The third-order valence-electron chi connectivity index (χ3n) is 21.9. The van der Waals surface area contributed by atoms with Gasteiger partial charge in [-0.25, -0.2) is 29.9 Å². The maximum Gasteiger partial charge on any atom is 0.164 e. The van der Waals surface area contributed by atoms with Gasteiger partial charge in [0.2, 0.25) is 0 Å². The third-order valence-corrected chi connectivity index (χ3v) is 21.9. The summed E-state index contributed by atoms with van der Waals surface area (Å²) in [6.45, 7) is 0. The SMILES string of the molecule is c1ccc(-c2nc(-c3ccccc3)nc(-c3ccc(Oc4ccc(-c5ccc6c(c5)C(c5ccccc5)(c5ccc(-c7ccc(C8(c9ccccc9)c9ccccc9-c9c(-c%10ccc(Oc%11ccc(-c%12nc(-c%13ccccc%13)nc(-c%13ccccc%13)n%12)cc%11)cc%10)cccc98)cc7)cc5)c5ccccc5-6)cc4)cc3)n2)cc1. The van der Waals surface area contributed by atoms with Gasteiger partial charge in [-0.05, 0) is 179 Å². The Bertz CT molecular complexity index is 6270. The van der Waals surface area contributed by atoms with Gasteiger partial charge in [0.1, 0.15) is 23.0 Å². The van der Waals surface area contributed by atoms with E-state index in [0.29, 0.717) is 46.4 Å². The van der Waals surface area contributed by atoms with Crippen molar-refractivity contribution in [1.82, 2.24) is 29.9 Å². The first-order chi connectivity index (χ1) is 55.5. The van der Waals surface area contributed by atoms with E-state index < -0.39 is 10.8 Å². The summed E-state index contributed by atoms with van der Waals surface area (Å²) in [4.78, 5) is 29.5. The molecule has 8 heteroatoms. The number of rotatable bonds is 17. The monoisotopic (exact) mass is 1430 g/mol. The highest BCUT2D eigenvalue weighted by Gasteiger charge is 2.48. The number of benzene rings is 16. The molecule has 0 saturated heterocycles. The normalized spacial score (nSPS) is 14.3. The molecule has 0 saturated carbocycles. The summed E-state index contributed by atoms with van der Waals surface area (Å²) >= 11 is 0. The first-order valence-corrected chi connectivity index (χ1v) is 37.8. The van der Waals surface area contributed by atoms with Crippen LogP contribution >= 0.6 is 0 Å². The van der Waals surface area contributed by atoms with Crippen LogP contribution in [-0.2, 0) is 10.8 Å². The van der Waals surface area contributed by atoms with Gasteiger partial charge in [-0.1, -0.05) is 334 Å². The third kappa shape index (κ3) is 11.9. The Morgan fingerprint density at radius 1 is 0.161 bits per heavy atom. The van der Waals surface area contributed by atoms with Crippen LogP contribution in [0.2, 0.25) is 0 Å². The van der Waals surface area contributed by atoms with Gasteiger partial charge < -0.3 is 9.47 Å². The van der Waals surface area contributed by atoms with Crippen molar-refractivity contribution < 1.29 is 9.47 Å². The maximum atomic E-state index is 6.56. The summed E-state index contributed by atoms with van der Waals surface area (Å²) in [6.07, 6.45) is 0. The van der Waals surface area contributed by atoms with E-state index >= 15 is 0 Å². The lowest BCUT2D eigenvalue weighted by molar-refractivity contribution is 0.482. The van der Waals surface area contributed by atoms with Crippen LogP contribution in [0.3, 0.4) is 0 Å². The van der Waals surface area contributed by atoms with E-state index in [9.17, 15) is 0 Å². The topological polar surface area (TPSA) is 95.8 Å². The molecule has 8 nitrogen and oxygen atoms in total. The number of fused-ring (bicyclic) bond motifs is 6. The lowest BCUT2D eigenvalue weighted by Crippen LogP contribution is -2.28. The summed E-state index contributed by atoms with van der Waals surface area (Å²) in [5.74, 6) is 6.53. The van der Waals surface area contributed by atoms with Crippen molar-refractivity contribution in [3.8, 4) is 147 Å². The molecule has 0 radical (unpaired) electrons. The molecular weight excluding hydrogens is 1370 g/mol. The Morgan fingerprint density at radius 2 is 0.420 bits per heavy atom. The lowest BCUT2D eigenvalue weighted by Gasteiger charge is -2.34. The average molecular weight is 1430 g/mol. The molecule has 0 bridgehead atoms. The van der Waals surface area contributed by atoms with Gasteiger partial charge in [0.15, 0.2) is 34.9 Å². The summed E-state index contributed by atoms with van der Waals surface area (Å²) in [5, 5.41) is 0. The van der Waals surface area contributed by atoms with Gasteiger partial charge in [0, 0.05) is 33.4 Å². The van der Waals surface area contributed by atoms with Crippen molar-refractivity contribution in [2.75, 3.05) is 0 Å². The molecule has 2 aliphatic rings. The highest BCUT2D eigenvalue weighted by Crippen LogP contribution is 2.60. The molecule has 0 fully saturated rings. The van der Waals surface area contributed by atoms with Crippen molar-refractivity contribution in [2.45, 2.75) is 10.8 Å². The number of hydrogen-bond acceptors (Lipinski definition) is 8. The van der Waals surface area contributed by atoms with Crippen LogP contribution in [0.1, 0.15) is 44.5 Å². The van der Waals surface area contributed by atoms with Crippen molar-refractivity contribution in [3.63, 3.8) is 0 Å². The molecule has 0 N–H and O–H groups in total. The van der Waals surface area contributed by atoms with E-state index in [1.807, 2.05) is 170 Å². The Hall–Kier alpha value is -14.9. The van der Waals surface area contributed by atoms with Gasteiger partial charge in [-0.3, -0.25) is 0 Å². The van der Waals surface area contributed by atoms with E-state index in [-0.39, 0.29) is 0 Å². The molecule has 16 aromatic carbocycles. The molecular formula is C104H68N6O2. The molecule has 2 unspecified atom stereocenters. The molecule has 0 aliphatic heterocycles. The van der Waals surface area contributed by atoms with Crippen molar-refractivity contribution in [1.29, 1.82) is 0 Å². The molecule has 18 aromatic rings. The molecule has 0 amide bonds. The second-order valence-electron chi connectivity index (χ2n) is 28.3. The molecule has 20 rings (SSSR count). The minimum Gasteiger partial charge on any atom is -0.457 e. The molecule has 2 atom stereocenters. The second-order valence-corrected chi connectivity index (χ2v) is 28.3. The first kappa shape index (κ1) is 66.6. The standard InChI is InChI=1S/C104H68N6O2/c1-7-24-73(25-8-1)97-105-98(74-26-9-2-10-27-74)108-101(107-97)77-50-63-86(64-51-77)111-84-59-46-71(47-60-84)79-54-67-90-89-36-19-21-39-92(89)104(95(90)68-79,81-34-17-6-18-35-81)83-57-44-70(45-58-83)69-42-55-82(56-43-69)103(80-32-15-5-16-33-80)93-40-22-20-37-91(93)96-88(38-23-41-94(96)103)72-48-61-85(62-49-72)112-87-65-52-78(53-66-87)102-109-99(75-28-11-3-12-29-75)106-100(110-102)76-30-13-4-14-31-76/h1-68H. The molecule has 0 spiro atoms. The van der Waals surface area contributed by atoms with Crippen LogP contribution in [0.4, 0.5) is 0 Å². The van der Waals surface area contributed by atoms with Crippen LogP contribution in [-0.4, -0.2) is 29.9 Å². The van der Waals surface area contributed by atoms with Crippen molar-refractivity contribution >= 4 is 0 Å². The van der Waals surface area contributed by atoms with Gasteiger partial charge in [-0.15, -0.1) is 0 Å². The van der Waals surface area contributed by atoms with Gasteiger partial charge in [0.05, 0.1) is 10.8 Å². The molecule has 2 aliphatic carbocycles. The smallest absolute Gasteiger partial charge is 0.164 e. The minimum absolute atomic E-state index is 0.589. The number of hydrogen-bond donors (Lipinski definition) is 0. The Kier molecular flexibility index (Phi) is 16.9. The summed E-state index contributed by atoms with van der Waals surface area (Å²) in [7, 11) is 0. The highest BCUT2D eigenvalue weighted by molar-refractivity contribution is 5.96. The van der Waals surface area contributed by atoms with Gasteiger partial charge in [-0.2, -0.15) is 0 Å². The van der Waals surface area contributed by atoms with Crippen LogP contribution in [0.25, 0.3) is 124 Å². The molecule has 2 heterocycles. The molecule has 526 valence electrons. The van der Waals surface area contributed by atoms with E-state index in [4.69, 9.17) is 39.4 Å².